The van der Waals surface area contributed by atoms with Crippen LogP contribution in [0.4, 0.5) is 0 Å². The monoisotopic (exact) mass is 169 g/mol. The van der Waals surface area contributed by atoms with E-state index >= 15 is 0 Å². The highest BCUT2D eigenvalue weighted by Gasteiger charge is 2.33. The van der Waals surface area contributed by atoms with Crippen LogP contribution in [-0.4, -0.2) is 23.9 Å². The zero-order valence-electron chi connectivity index (χ0n) is 6.20. The van der Waals surface area contributed by atoms with E-state index < -0.39 is 23.9 Å². The number of ether oxygens (including phenoxy) is 1. The van der Waals surface area contributed by atoms with Gasteiger partial charge >= 0.3 is 11.9 Å². The Morgan fingerprint density at radius 3 is 2.75 bits per heavy atom. The number of hydrogen-bond acceptors (Lipinski definition) is 4. The van der Waals surface area contributed by atoms with Crippen molar-refractivity contribution >= 4 is 17.8 Å². The average Bonchev–Trinajstić information content (AvgIpc) is 2.30. The van der Waals surface area contributed by atoms with Crippen molar-refractivity contribution in [2.24, 2.45) is 0 Å². The Morgan fingerprint density at radius 1 is 1.67 bits per heavy atom. The van der Waals surface area contributed by atoms with E-state index in [4.69, 9.17) is 0 Å². The molecule has 1 fully saturated rings. The maximum atomic E-state index is 10.7. The highest BCUT2D eigenvalue weighted by Crippen LogP contribution is 2.07. The Kier molecular flexibility index (Phi) is 2.23. The molecule has 64 valence electrons. The molecule has 1 aliphatic heterocycles. The predicted octanol–water partition coefficient (Wildman–Crippen LogP) is -0.869. The molecule has 1 amide bonds. The minimum atomic E-state index is -0.844. The first kappa shape index (κ1) is 8.45. The minimum absolute atomic E-state index is 0.0988. The van der Waals surface area contributed by atoms with Gasteiger partial charge in [0.1, 0.15) is 6.04 Å². The molecule has 5 nitrogen and oxygen atoms in total. The van der Waals surface area contributed by atoms with Crippen LogP contribution < -0.4 is 5.32 Å². The summed E-state index contributed by atoms with van der Waals surface area (Å²) in [4.78, 5) is 31.9. The summed E-state index contributed by atoms with van der Waals surface area (Å²) in [7, 11) is 0. The van der Waals surface area contributed by atoms with Gasteiger partial charge in [0.25, 0.3) is 0 Å². The first-order valence-electron chi connectivity index (χ1n) is 3.31. The van der Waals surface area contributed by atoms with E-state index in [1.165, 1.54) is 0 Å². The first-order valence-corrected chi connectivity index (χ1v) is 3.31. The number of cyclic esters (lactones) is 2. The van der Waals surface area contributed by atoms with Crippen LogP contribution in [-0.2, 0) is 19.1 Å². The van der Waals surface area contributed by atoms with Gasteiger partial charge in [0.05, 0.1) is 6.42 Å². The zero-order valence-corrected chi connectivity index (χ0v) is 6.20. The Labute approximate surface area is 68.4 Å². The van der Waals surface area contributed by atoms with Gasteiger partial charge in [0.15, 0.2) is 0 Å². The van der Waals surface area contributed by atoms with E-state index in [2.05, 4.69) is 16.6 Å². The van der Waals surface area contributed by atoms with Crippen LogP contribution in [0.5, 0.6) is 0 Å². The van der Waals surface area contributed by atoms with Crippen LogP contribution in [0.2, 0.25) is 0 Å². The fourth-order valence-electron chi connectivity index (χ4n) is 0.816. The molecule has 1 saturated heterocycles. The van der Waals surface area contributed by atoms with Crippen LogP contribution in [0.15, 0.2) is 12.7 Å². The van der Waals surface area contributed by atoms with Gasteiger partial charge in [-0.15, -0.1) is 0 Å². The topological polar surface area (TPSA) is 72.5 Å². The summed E-state index contributed by atoms with van der Waals surface area (Å²) < 4.78 is 4.19. The van der Waals surface area contributed by atoms with Crippen molar-refractivity contribution in [1.82, 2.24) is 5.32 Å². The molecule has 5 heteroatoms. The van der Waals surface area contributed by atoms with Gasteiger partial charge in [-0.2, -0.15) is 0 Å². The molecule has 1 atom stereocenters. The largest absolute Gasteiger partial charge is 0.392 e. The molecule has 0 saturated carbocycles. The average molecular weight is 169 g/mol. The molecule has 0 spiro atoms. The summed E-state index contributed by atoms with van der Waals surface area (Å²) in [6, 6.07) is -0.844. The van der Waals surface area contributed by atoms with E-state index in [1.54, 1.807) is 0 Å². The van der Waals surface area contributed by atoms with Crippen LogP contribution in [0.1, 0.15) is 6.42 Å². The second-order valence-corrected chi connectivity index (χ2v) is 2.26. The molecule has 0 aromatic carbocycles. The fraction of sp³-hybridized carbons (Fsp3) is 0.286. The SMILES string of the molecule is C=CC(=O)N[C@H]1CC(=O)OC1=O. The van der Waals surface area contributed by atoms with Crippen molar-refractivity contribution in [2.75, 3.05) is 0 Å². The van der Waals surface area contributed by atoms with Crippen molar-refractivity contribution in [3.8, 4) is 0 Å². The molecule has 0 unspecified atom stereocenters. The molecule has 0 aromatic heterocycles. The van der Waals surface area contributed by atoms with Gasteiger partial charge in [-0.25, -0.2) is 4.79 Å². The highest BCUT2D eigenvalue weighted by atomic mass is 16.6. The number of esters is 2. The Bertz CT molecular complexity index is 258. The van der Waals surface area contributed by atoms with Crippen molar-refractivity contribution in [1.29, 1.82) is 0 Å². The van der Waals surface area contributed by atoms with Crippen LogP contribution >= 0.6 is 0 Å². The summed E-state index contributed by atoms with van der Waals surface area (Å²) in [5, 5.41) is 2.26. The van der Waals surface area contributed by atoms with Crippen LogP contribution in [0, 0.1) is 0 Å². The summed E-state index contributed by atoms with van der Waals surface area (Å²) >= 11 is 0. The smallest absolute Gasteiger partial charge is 0.336 e. The number of carbonyl (C=O) groups is 3. The molecule has 0 aliphatic carbocycles. The van der Waals surface area contributed by atoms with E-state index in [0.717, 1.165) is 6.08 Å². The quantitative estimate of drug-likeness (QED) is 0.331. The van der Waals surface area contributed by atoms with Crippen molar-refractivity contribution in [3.05, 3.63) is 12.7 Å². The van der Waals surface area contributed by atoms with Crippen molar-refractivity contribution < 1.29 is 19.1 Å². The standard InChI is InChI=1S/C7H7NO4/c1-2-5(9)8-4-3-6(10)12-7(4)11/h2,4H,1,3H2,(H,8,9)/t4-/m0/s1. The van der Waals surface area contributed by atoms with Crippen LogP contribution in [0.25, 0.3) is 0 Å². The second kappa shape index (κ2) is 3.17. The number of carbonyl (C=O) groups excluding carboxylic acids is 3. The summed E-state index contributed by atoms with van der Waals surface area (Å²) in [5.41, 5.74) is 0. The van der Waals surface area contributed by atoms with E-state index in [-0.39, 0.29) is 6.42 Å². The minimum Gasteiger partial charge on any atom is -0.392 e. The number of nitrogens with one attached hydrogen (secondary N) is 1. The third-order valence-electron chi connectivity index (χ3n) is 1.37. The number of rotatable bonds is 2. The molecule has 0 aromatic rings. The summed E-state index contributed by atoms with van der Waals surface area (Å²) in [6.45, 7) is 3.20. The maximum absolute atomic E-state index is 10.7. The van der Waals surface area contributed by atoms with Gasteiger partial charge < -0.3 is 10.1 Å². The van der Waals surface area contributed by atoms with Gasteiger partial charge in [0, 0.05) is 0 Å². The van der Waals surface area contributed by atoms with Gasteiger partial charge in [-0.3, -0.25) is 9.59 Å². The van der Waals surface area contributed by atoms with Crippen LogP contribution in [0.3, 0.4) is 0 Å². The first-order chi connectivity index (χ1) is 5.63. The normalized spacial score (nSPS) is 21.8. The van der Waals surface area contributed by atoms with Gasteiger partial charge in [-0.05, 0) is 6.08 Å². The lowest BCUT2D eigenvalue weighted by molar-refractivity contribution is -0.152. The van der Waals surface area contributed by atoms with Gasteiger partial charge in [-0.1, -0.05) is 6.58 Å². The third-order valence-corrected chi connectivity index (χ3v) is 1.37. The van der Waals surface area contributed by atoms with E-state index in [9.17, 15) is 14.4 Å². The van der Waals surface area contributed by atoms with Crippen molar-refractivity contribution in [2.45, 2.75) is 12.5 Å². The molecule has 1 heterocycles. The second-order valence-electron chi connectivity index (χ2n) is 2.26. The Hall–Kier alpha value is -1.65. The molecule has 1 N–H and O–H groups in total. The lowest BCUT2D eigenvalue weighted by Crippen LogP contribution is -2.36. The number of amides is 1. The third kappa shape index (κ3) is 1.69. The molecule has 12 heavy (non-hydrogen) atoms. The van der Waals surface area contributed by atoms with E-state index in [1.807, 2.05) is 0 Å². The molecular formula is C7H7NO4. The Balaban J connectivity index is 2.54. The number of hydrogen-bond donors (Lipinski definition) is 1. The highest BCUT2D eigenvalue weighted by molar-refractivity contribution is 6.00. The Morgan fingerprint density at radius 2 is 2.33 bits per heavy atom. The molecule has 1 aliphatic rings. The van der Waals surface area contributed by atoms with Crippen molar-refractivity contribution in [3.63, 3.8) is 0 Å². The predicted molar refractivity (Wildman–Crippen MR) is 37.8 cm³/mol. The van der Waals surface area contributed by atoms with E-state index in [0.29, 0.717) is 0 Å². The lowest BCUT2D eigenvalue weighted by atomic mass is 10.2. The fourth-order valence-corrected chi connectivity index (χ4v) is 0.816. The molecular weight excluding hydrogens is 162 g/mol. The summed E-state index contributed by atoms with van der Waals surface area (Å²) in [6.07, 6.45) is 0.925. The maximum Gasteiger partial charge on any atom is 0.336 e. The molecule has 0 bridgehead atoms. The molecule has 1 rings (SSSR count). The summed E-state index contributed by atoms with van der Waals surface area (Å²) in [5.74, 6) is -1.82. The zero-order chi connectivity index (χ0) is 9.14. The lowest BCUT2D eigenvalue weighted by Gasteiger charge is -2.03. The van der Waals surface area contributed by atoms with Gasteiger partial charge in [0.2, 0.25) is 5.91 Å². The molecule has 0 radical (unpaired) electrons.